The number of hydrazine groups is 2. The molecule has 4 aliphatic rings. The van der Waals surface area contributed by atoms with Crippen LogP contribution in [0.1, 0.15) is 64.1 Å². The molecule has 3 saturated heterocycles. The normalized spacial score (nSPS) is 21.9. The molecule has 2 aromatic heterocycles. The molecule has 0 saturated carbocycles. The first-order chi connectivity index (χ1) is 31.1. The predicted molar refractivity (Wildman–Crippen MR) is 242 cm³/mol. The number of hydrogen-bond acceptors (Lipinski definition) is 10. The van der Waals surface area contributed by atoms with E-state index < -0.39 is 35.5 Å². The van der Waals surface area contributed by atoms with Crippen molar-refractivity contribution < 1.29 is 38.9 Å². The number of ether oxygens (including phenoxy) is 1. The Morgan fingerprint density at radius 1 is 1.12 bits per heavy atom. The van der Waals surface area contributed by atoms with Crippen molar-refractivity contribution in [2.24, 2.45) is 17.3 Å². The number of aromatic hydroxyl groups is 1. The maximum atomic E-state index is 14.6. The molecule has 0 spiro atoms. The summed E-state index contributed by atoms with van der Waals surface area (Å²) in [5.74, 6) is -2.15. The van der Waals surface area contributed by atoms with Gasteiger partial charge in [-0.3, -0.25) is 24.4 Å². The van der Waals surface area contributed by atoms with Crippen LogP contribution in [-0.2, 0) is 36.8 Å². The highest BCUT2D eigenvalue weighted by Crippen LogP contribution is 2.43. The highest BCUT2D eigenvalue weighted by atomic mass is 16.8. The Kier molecular flexibility index (Phi) is 13.1. The van der Waals surface area contributed by atoms with Gasteiger partial charge in [-0.05, 0) is 89.9 Å². The number of likely N-dealkylation sites (N-methyl/N-ethyl adjacent to an activating group) is 1. The van der Waals surface area contributed by atoms with Gasteiger partial charge >= 0.3 is 6.17 Å². The van der Waals surface area contributed by atoms with E-state index in [0.29, 0.717) is 62.5 Å². The molecule has 0 unspecified atom stereocenters. The Morgan fingerprint density at radius 3 is 2.63 bits per heavy atom. The molecule has 2 aromatic carbocycles. The zero-order chi connectivity index (χ0) is 46.2. The van der Waals surface area contributed by atoms with Crippen molar-refractivity contribution in [3.05, 3.63) is 94.5 Å². The molecule has 17 heteroatoms. The standard InChI is InChI=1S/C48H59N9O8/c1-7-43(59)53-17-14-36(26-53)56(62)52(6)44(30(2)3)46(60)50-25-35-19-31-18-34(21-38(58)20-31)32-12-13-41-39(22-32)40(45(33-10-8-15-49-24-33)55(41)37-27-64-28-37)23-48(4,5)29-65-57(63)42-11-9-16-54(51-42)47(35)61/h7-8,10,12-13,15,18,20-22,24,30,35-37,42,44,51H,1,9,11,14,16-17,19,23,25-29H2,2-6H3/p+2/t35-,36+,42-,44+/m1/s1. The first-order valence-corrected chi connectivity index (χ1v) is 22.7. The SMILES string of the molecule is C=CC(=O)N1CC[C@H]([N+](=O)N(C)[C@H](C(=O)NC[C@H]2Cc3cc(O)cc(c3)-c3ccc4c(c3)c(c(-c3cccnc3)n4C3COC3)CC(C)(C)CO[N+](=O)[C@@H]3CCCN(N3)C2=O)C(C)C)C1. The van der Waals surface area contributed by atoms with Crippen LogP contribution in [0.15, 0.2) is 73.6 Å². The summed E-state index contributed by atoms with van der Waals surface area (Å²) in [6.45, 7) is 13.5. The number of likely N-dealkylation sites (tertiary alicyclic amines) is 1. The minimum absolute atomic E-state index is 0.0245. The second-order valence-electron chi connectivity index (χ2n) is 19.1. The number of nitrogens with zero attached hydrogens (tertiary/aromatic N) is 7. The lowest BCUT2D eigenvalue weighted by Crippen LogP contribution is -2.59. The van der Waals surface area contributed by atoms with E-state index in [9.17, 15) is 29.3 Å². The lowest BCUT2D eigenvalue weighted by atomic mass is 9.84. The highest BCUT2D eigenvalue weighted by Gasteiger charge is 2.44. The fourth-order valence-electron chi connectivity index (χ4n) is 9.82. The lowest BCUT2D eigenvalue weighted by molar-refractivity contribution is -0.835. The van der Waals surface area contributed by atoms with Gasteiger partial charge in [0, 0.05) is 66.8 Å². The topological polar surface area (TPSA) is 182 Å². The minimum atomic E-state index is -0.892. The third-order valence-electron chi connectivity index (χ3n) is 13.2. The molecule has 3 fully saturated rings. The van der Waals surface area contributed by atoms with Crippen molar-refractivity contribution in [2.45, 2.75) is 84.1 Å². The third-order valence-corrected chi connectivity index (χ3v) is 13.2. The Labute approximate surface area is 378 Å². The molecule has 6 heterocycles. The highest BCUT2D eigenvalue weighted by molar-refractivity contribution is 5.95. The van der Waals surface area contributed by atoms with Gasteiger partial charge in [-0.2, -0.15) is 5.43 Å². The first-order valence-electron chi connectivity index (χ1n) is 22.7. The lowest BCUT2D eigenvalue weighted by Gasteiger charge is -2.32. The average molecular weight is 892 g/mol. The van der Waals surface area contributed by atoms with Gasteiger partial charge in [-0.15, -0.1) is 5.01 Å². The Bertz CT molecular complexity index is 2480. The number of amides is 3. The average Bonchev–Trinajstić information content (AvgIpc) is 3.88. The van der Waals surface area contributed by atoms with Gasteiger partial charge in [0.1, 0.15) is 10.6 Å². The summed E-state index contributed by atoms with van der Waals surface area (Å²) in [6, 6.07) is 14.3. The number of rotatable bonds is 10. The number of phenols is 1. The number of hydrogen-bond donors (Lipinski definition) is 3. The summed E-state index contributed by atoms with van der Waals surface area (Å²) in [5, 5.41) is 18.1. The number of pyridine rings is 1. The second-order valence-corrected chi connectivity index (χ2v) is 19.1. The van der Waals surface area contributed by atoms with Crippen molar-refractivity contribution in [3.8, 4) is 28.1 Å². The quantitative estimate of drug-likeness (QED) is 0.109. The maximum absolute atomic E-state index is 14.6. The van der Waals surface area contributed by atoms with Gasteiger partial charge in [-0.1, -0.05) is 46.4 Å². The molecule has 3 N–H and O–H groups in total. The number of phenolic OH excluding ortho intramolecular Hbond substituents is 1. The van der Waals surface area contributed by atoms with Gasteiger partial charge in [-0.25, -0.2) is 4.84 Å². The molecule has 6 bridgehead atoms. The summed E-state index contributed by atoms with van der Waals surface area (Å²) >= 11 is 0. The van der Waals surface area contributed by atoms with Crippen LogP contribution < -0.4 is 10.7 Å². The fourth-order valence-corrected chi connectivity index (χ4v) is 9.82. The molecular formula is C48H61N9O8+2. The summed E-state index contributed by atoms with van der Waals surface area (Å²) in [4.78, 5) is 81.9. The number of carbonyl (C=O) groups excluding carboxylic acids is 3. The van der Waals surface area contributed by atoms with Gasteiger partial charge in [0.05, 0.1) is 54.3 Å². The van der Waals surface area contributed by atoms with Crippen LogP contribution in [-0.4, -0.2) is 128 Å². The van der Waals surface area contributed by atoms with Gasteiger partial charge in [0.25, 0.3) is 6.04 Å². The number of nitroso groups, excluding NO2 is 1. The molecule has 344 valence electrons. The van der Waals surface area contributed by atoms with Gasteiger partial charge in [0.15, 0.2) is 12.6 Å². The zero-order valence-corrected chi connectivity index (χ0v) is 37.9. The molecule has 0 aliphatic carbocycles. The third kappa shape index (κ3) is 9.48. The molecule has 8 rings (SSSR count). The van der Waals surface area contributed by atoms with E-state index in [4.69, 9.17) is 9.57 Å². The minimum Gasteiger partial charge on any atom is -0.508 e. The smallest absolute Gasteiger partial charge is 0.326 e. The van der Waals surface area contributed by atoms with Crippen molar-refractivity contribution in [1.82, 2.24) is 35.2 Å². The molecule has 3 amide bonds. The fraction of sp³-hybridized carbons (Fsp3) is 0.500. The van der Waals surface area contributed by atoms with Crippen LogP contribution in [0.2, 0.25) is 0 Å². The molecular weight excluding hydrogens is 831 g/mol. The Balaban J connectivity index is 1.15. The van der Waals surface area contributed by atoms with Crippen LogP contribution in [0.5, 0.6) is 5.75 Å². The zero-order valence-electron chi connectivity index (χ0n) is 37.9. The monoisotopic (exact) mass is 891 g/mol. The Morgan fingerprint density at radius 2 is 1.92 bits per heavy atom. The van der Waals surface area contributed by atoms with Crippen LogP contribution in [0, 0.1) is 27.1 Å². The van der Waals surface area contributed by atoms with Gasteiger partial charge in [0.2, 0.25) is 22.6 Å². The van der Waals surface area contributed by atoms with E-state index in [1.165, 1.54) is 16.1 Å². The Hall–Kier alpha value is -6.20. The van der Waals surface area contributed by atoms with Crippen molar-refractivity contribution >= 4 is 28.6 Å². The van der Waals surface area contributed by atoms with Crippen LogP contribution >= 0.6 is 0 Å². The van der Waals surface area contributed by atoms with E-state index in [2.05, 4.69) is 58.9 Å². The van der Waals surface area contributed by atoms with E-state index in [0.717, 1.165) is 43.7 Å². The molecule has 0 radical (unpaired) electrons. The predicted octanol–water partition coefficient (Wildman–Crippen LogP) is 5.11. The van der Waals surface area contributed by atoms with Gasteiger partial charge < -0.3 is 24.6 Å². The van der Waals surface area contributed by atoms with Crippen LogP contribution in [0.25, 0.3) is 33.3 Å². The van der Waals surface area contributed by atoms with Crippen LogP contribution in [0.4, 0.5) is 0 Å². The maximum Gasteiger partial charge on any atom is 0.326 e. The van der Waals surface area contributed by atoms with E-state index in [-0.39, 0.29) is 55.6 Å². The summed E-state index contributed by atoms with van der Waals surface area (Å²) < 4.78 is 8.06. The summed E-state index contributed by atoms with van der Waals surface area (Å²) in [5.41, 5.74) is 8.97. The van der Waals surface area contributed by atoms with Crippen molar-refractivity contribution in [1.29, 1.82) is 0 Å². The largest absolute Gasteiger partial charge is 0.508 e. The van der Waals surface area contributed by atoms with E-state index in [1.54, 1.807) is 30.3 Å². The molecule has 17 nitrogen and oxygen atoms in total. The number of aromatic nitrogens is 2. The molecule has 4 atom stereocenters. The summed E-state index contributed by atoms with van der Waals surface area (Å²) in [6.07, 6.45) is 6.10. The van der Waals surface area contributed by atoms with Crippen molar-refractivity contribution in [2.75, 3.05) is 53.0 Å². The number of benzene rings is 2. The number of fused-ring (bicyclic) bond motifs is 6. The number of carbonyl (C=O) groups is 3. The van der Waals surface area contributed by atoms with E-state index >= 15 is 0 Å². The van der Waals surface area contributed by atoms with Crippen LogP contribution in [0.3, 0.4) is 0 Å². The number of nitrogens with one attached hydrogen (secondary N) is 2. The van der Waals surface area contributed by atoms with E-state index in [1.807, 2.05) is 38.2 Å². The second kappa shape index (κ2) is 18.7. The van der Waals surface area contributed by atoms with Crippen molar-refractivity contribution in [3.63, 3.8) is 0 Å². The molecule has 4 aliphatic heterocycles. The first kappa shape index (κ1) is 45.4. The molecule has 65 heavy (non-hydrogen) atoms. The molecule has 4 aromatic rings. The summed E-state index contributed by atoms with van der Waals surface area (Å²) in [7, 11) is 1.57.